The summed E-state index contributed by atoms with van der Waals surface area (Å²) in [7, 11) is 2.17. The van der Waals surface area contributed by atoms with E-state index < -0.39 is 0 Å². The van der Waals surface area contributed by atoms with Crippen LogP contribution in [0.25, 0.3) is 0 Å². The maximum absolute atomic E-state index is 5.79. The van der Waals surface area contributed by atoms with Crippen LogP contribution in [0.2, 0.25) is 0 Å². The Labute approximate surface area is 116 Å². The van der Waals surface area contributed by atoms with Gasteiger partial charge < -0.3 is 14.5 Å². The first-order valence-electron chi connectivity index (χ1n) is 7.22. The molecule has 2 unspecified atom stereocenters. The number of hydrogen-bond donors (Lipinski definition) is 1. The number of furan rings is 1. The van der Waals surface area contributed by atoms with Crippen LogP contribution >= 0.6 is 0 Å². The van der Waals surface area contributed by atoms with Crippen LogP contribution in [0.5, 0.6) is 0 Å². The van der Waals surface area contributed by atoms with Crippen molar-refractivity contribution < 1.29 is 9.15 Å². The molecule has 4 heteroatoms. The van der Waals surface area contributed by atoms with Gasteiger partial charge in [-0.1, -0.05) is 6.92 Å². The minimum atomic E-state index is 0.332. The van der Waals surface area contributed by atoms with Crippen LogP contribution in [0.3, 0.4) is 0 Å². The molecule has 1 aromatic heterocycles. The van der Waals surface area contributed by atoms with Crippen molar-refractivity contribution in [2.24, 2.45) is 0 Å². The van der Waals surface area contributed by atoms with Crippen molar-refractivity contribution in [2.75, 3.05) is 20.2 Å². The number of likely N-dealkylation sites (N-methyl/N-ethyl adjacent to an activating group) is 1. The summed E-state index contributed by atoms with van der Waals surface area (Å²) in [6, 6.07) is 2.70. The Morgan fingerprint density at radius 3 is 2.89 bits per heavy atom. The van der Waals surface area contributed by atoms with Crippen LogP contribution in [0.4, 0.5) is 0 Å². The second-order valence-electron chi connectivity index (χ2n) is 5.42. The molecule has 108 valence electrons. The summed E-state index contributed by atoms with van der Waals surface area (Å²) in [4.78, 5) is 2.38. The summed E-state index contributed by atoms with van der Waals surface area (Å²) < 4.78 is 11.4. The van der Waals surface area contributed by atoms with E-state index in [1.54, 1.807) is 0 Å². The largest absolute Gasteiger partial charge is 0.465 e. The van der Waals surface area contributed by atoms with Gasteiger partial charge in [0.05, 0.1) is 12.6 Å². The number of ether oxygens (including phenoxy) is 1. The molecule has 1 saturated heterocycles. The zero-order valence-corrected chi connectivity index (χ0v) is 12.5. The Kier molecular flexibility index (Phi) is 5.02. The zero-order valence-electron chi connectivity index (χ0n) is 12.5. The molecule has 0 aromatic carbocycles. The molecule has 0 bridgehead atoms. The molecular weight excluding hydrogens is 240 g/mol. The third kappa shape index (κ3) is 3.59. The Morgan fingerprint density at radius 2 is 2.26 bits per heavy atom. The molecule has 19 heavy (non-hydrogen) atoms. The van der Waals surface area contributed by atoms with Crippen LogP contribution in [0.15, 0.2) is 10.5 Å². The summed E-state index contributed by atoms with van der Waals surface area (Å²) in [6.07, 6.45) is 1.46. The van der Waals surface area contributed by atoms with E-state index in [9.17, 15) is 0 Å². The highest BCUT2D eigenvalue weighted by Gasteiger charge is 2.28. The van der Waals surface area contributed by atoms with Gasteiger partial charge >= 0.3 is 0 Å². The highest BCUT2D eigenvalue weighted by molar-refractivity contribution is 5.21. The maximum Gasteiger partial charge on any atom is 0.118 e. The normalized spacial score (nSPS) is 23.4. The lowest BCUT2D eigenvalue weighted by molar-refractivity contribution is 0.0813. The van der Waals surface area contributed by atoms with Crippen molar-refractivity contribution in [1.29, 1.82) is 0 Å². The zero-order chi connectivity index (χ0) is 13.8. The van der Waals surface area contributed by atoms with Gasteiger partial charge in [-0.3, -0.25) is 4.90 Å². The van der Waals surface area contributed by atoms with E-state index in [0.29, 0.717) is 12.1 Å². The minimum Gasteiger partial charge on any atom is -0.465 e. The van der Waals surface area contributed by atoms with Crippen molar-refractivity contribution >= 4 is 0 Å². The minimum absolute atomic E-state index is 0.332. The smallest absolute Gasteiger partial charge is 0.118 e. The fourth-order valence-corrected chi connectivity index (χ4v) is 2.77. The predicted molar refractivity (Wildman–Crippen MR) is 76.1 cm³/mol. The monoisotopic (exact) mass is 266 g/mol. The Balaban J connectivity index is 1.96. The molecule has 1 fully saturated rings. The van der Waals surface area contributed by atoms with E-state index in [2.05, 4.69) is 37.2 Å². The molecule has 2 heterocycles. The first kappa shape index (κ1) is 14.6. The van der Waals surface area contributed by atoms with E-state index in [-0.39, 0.29) is 0 Å². The standard InChI is InChI=1S/C15H26N2O2/c1-5-16-9-14-8-13(11(2)19-14)10-17(4)15-6-7-18-12(15)3/h8,12,15-16H,5-7,9-10H2,1-4H3. The molecular formula is C15H26N2O2. The van der Waals surface area contributed by atoms with Gasteiger partial charge in [-0.15, -0.1) is 0 Å². The number of hydrogen-bond acceptors (Lipinski definition) is 4. The molecule has 0 spiro atoms. The second-order valence-corrected chi connectivity index (χ2v) is 5.42. The van der Waals surface area contributed by atoms with Gasteiger partial charge in [0.25, 0.3) is 0 Å². The number of rotatable bonds is 6. The Hall–Kier alpha value is -0.840. The van der Waals surface area contributed by atoms with Gasteiger partial charge in [0.1, 0.15) is 11.5 Å². The lowest BCUT2D eigenvalue weighted by Crippen LogP contribution is -2.36. The molecule has 1 aliphatic heterocycles. The summed E-state index contributed by atoms with van der Waals surface area (Å²) in [5.41, 5.74) is 1.29. The van der Waals surface area contributed by atoms with Crippen molar-refractivity contribution in [3.8, 4) is 0 Å². The SMILES string of the molecule is CCNCc1cc(CN(C)C2CCOC2C)c(C)o1. The average molecular weight is 266 g/mol. The van der Waals surface area contributed by atoms with Crippen molar-refractivity contribution in [3.63, 3.8) is 0 Å². The molecule has 1 N–H and O–H groups in total. The summed E-state index contributed by atoms with van der Waals surface area (Å²) in [5, 5.41) is 3.29. The highest BCUT2D eigenvalue weighted by Crippen LogP contribution is 2.22. The third-order valence-corrected chi connectivity index (χ3v) is 3.94. The molecule has 4 nitrogen and oxygen atoms in total. The molecule has 0 saturated carbocycles. The van der Waals surface area contributed by atoms with Gasteiger partial charge in [0.2, 0.25) is 0 Å². The van der Waals surface area contributed by atoms with Gasteiger partial charge in [-0.2, -0.15) is 0 Å². The Morgan fingerprint density at radius 1 is 1.47 bits per heavy atom. The number of nitrogens with one attached hydrogen (secondary N) is 1. The van der Waals surface area contributed by atoms with E-state index in [4.69, 9.17) is 9.15 Å². The topological polar surface area (TPSA) is 37.6 Å². The summed E-state index contributed by atoms with van der Waals surface area (Å²) in [5.74, 6) is 2.06. The maximum atomic E-state index is 5.79. The van der Waals surface area contributed by atoms with E-state index in [1.165, 1.54) is 5.56 Å². The average Bonchev–Trinajstić information content (AvgIpc) is 2.94. The summed E-state index contributed by atoms with van der Waals surface area (Å²) >= 11 is 0. The van der Waals surface area contributed by atoms with E-state index >= 15 is 0 Å². The fourth-order valence-electron chi connectivity index (χ4n) is 2.77. The first-order chi connectivity index (χ1) is 9.11. The first-order valence-corrected chi connectivity index (χ1v) is 7.22. The van der Waals surface area contributed by atoms with E-state index in [0.717, 1.165) is 44.2 Å². The van der Waals surface area contributed by atoms with Crippen molar-refractivity contribution in [3.05, 3.63) is 23.2 Å². The van der Waals surface area contributed by atoms with Gasteiger partial charge in [-0.05, 0) is 39.9 Å². The van der Waals surface area contributed by atoms with Gasteiger partial charge in [0, 0.05) is 24.8 Å². The molecule has 1 aliphatic rings. The van der Waals surface area contributed by atoms with Crippen LogP contribution in [-0.2, 0) is 17.8 Å². The highest BCUT2D eigenvalue weighted by atomic mass is 16.5. The molecule has 2 rings (SSSR count). The van der Waals surface area contributed by atoms with Crippen LogP contribution < -0.4 is 5.32 Å². The molecule has 0 radical (unpaired) electrons. The predicted octanol–water partition coefficient (Wildman–Crippen LogP) is 2.31. The number of aryl methyl sites for hydroxylation is 1. The third-order valence-electron chi connectivity index (χ3n) is 3.94. The second kappa shape index (κ2) is 6.55. The van der Waals surface area contributed by atoms with Crippen molar-refractivity contribution in [1.82, 2.24) is 10.2 Å². The van der Waals surface area contributed by atoms with Crippen LogP contribution in [0.1, 0.15) is 37.4 Å². The summed E-state index contributed by atoms with van der Waals surface area (Å²) in [6.45, 7) is 9.90. The lowest BCUT2D eigenvalue weighted by Gasteiger charge is -2.26. The van der Waals surface area contributed by atoms with Crippen LogP contribution in [0, 0.1) is 6.92 Å². The molecule has 1 aromatic rings. The van der Waals surface area contributed by atoms with Gasteiger partial charge in [-0.25, -0.2) is 0 Å². The van der Waals surface area contributed by atoms with Crippen LogP contribution in [-0.4, -0.2) is 37.2 Å². The van der Waals surface area contributed by atoms with Crippen molar-refractivity contribution in [2.45, 2.75) is 52.4 Å². The van der Waals surface area contributed by atoms with E-state index in [1.807, 2.05) is 6.92 Å². The molecule has 2 atom stereocenters. The lowest BCUT2D eigenvalue weighted by atomic mass is 10.1. The quantitative estimate of drug-likeness (QED) is 0.857. The molecule has 0 amide bonds. The Bertz CT molecular complexity index is 403. The van der Waals surface area contributed by atoms with Gasteiger partial charge in [0.15, 0.2) is 0 Å². The molecule has 0 aliphatic carbocycles. The number of nitrogens with zero attached hydrogens (tertiary/aromatic N) is 1. The fraction of sp³-hybridized carbons (Fsp3) is 0.733.